The number of hydrogen-bond acceptors (Lipinski definition) is 4. The first-order valence-electron chi connectivity index (χ1n) is 8.42. The van der Waals surface area contributed by atoms with Crippen LogP contribution in [0.4, 0.5) is 0 Å². The summed E-state index contributed by atoms with van der Waals surface area (Å²) in [7, 11) is 1.49. The Labute approximate surface area is 142 Å². The molecular weight excluding hydrogens is 310 g/mol. The Hall–Kier alpha value is -1.89. The number of carboxylic acid groups (broad SMARTS) is 1. The highest BCUT2D eigenvalue weighted by molar-refractivity contribution is 5.97. The van der Waals surface area contributed by atoms with Crippen molar-refractivity contribution in [2.24, 2.45) is 5.41 Å². The van der Waals surface area contributed by atoms with E-state index in [0.29, 0.717) is 30.6 Å². The minimum absolute atomic E-state index is 0.110. The zero-order chi connectivity index (χ0) is 17.9. The van der Waals surface area contributed by atoms with Gasteiger partial charge in [0.15, 0.2) is 0 Å². The second-order valence-electron chi connectivity index (χ2n) is 6.62. The molecule has 1 amide bonds. The van der Waals surface area contributed by atoms with Gasteiger partial charge >= 0.3 is 5.97 Å². The Balaban J connectivity index is 2.28. The van der Waals surface area contributed by atoms with Gasteiger partial charge in [-0.1, -0.05) is 6.92 Å². The molecule has 2 heterocycles. The molecule has 1 aliphatic heterocycles. The van der Waals surface area contributed by atoms with Gasteiger partial charge < -0.3 is 14.7 Å². The topological polar surface area (TPSA) is 84.7 Å². The van der Waals surface area contributed by atoms with Gasteiger partial charge in [-0.25, -0.2) is 0 Å². The van der Waals surface area contributed by atoms with E-state index in [2.05, 4.69) is 12.0 Å². The number of nitrogens with zero attached hydrogens (tertiary/aromatic N) is 3. The van der Waals surface area contributed by atoms with Crippen molar-refractivity contribution in [1.29, 1.82) is 0 Å². The highest BCUT2D eigenvalue weighted by Crippen LogP contribution is 2.32. The second kappa shape index (κ2) is 7.34. The fourth-order valence-corrected chi connectivity index (χ4v) is 3.53. The average Bonchev–Trinajstić information content (AvgIpc) is 2.81. The molecule has 0 saturated carbocycles. The normalized spacial score (nSPS) is 21.1. The summed E-state index contributed by atoms with van der Waals surface area (Å²) in [5, 5.41) is 14.1. The Kier molecular flexibility index (Phi) is 5.64. The summed E-state index contributed by atoms with van der Waals surface area (Å²) < 4.78 is 6.98. The standard InChI is InChI=1S/C17H27N3O4/c1-5-8-20-13(3)14(12(2)18-20)15(21)19-9-6-7-17(10-19,11-24-4)16(22)23/h5-11H2,1-4H3,(H,22,23). The van der Waals surface area contributed by atoms with E-state index in [0.717, 1.165) is 18.7 Å². The monoisotopic (exact) mass is 337 g/mol. The number of carbonyl (C=O) groups is 2. The number of methoxy groups -OCH3 is 1. The van der Waals surface area contributed by atoms with Crippen molar-refractivity contribution >= 4 is 11.9 Å². The third kappa shape index (κ3) is 3.31. The summed E-state index contributed by atoms with van der Waals surface area (Å²) in [6.07, 6.45) is 2.12. The lowest BCUT2D eigenvalue weighted by molar-refractivity contribution is -0.155. The van der Waals surface area contributed by atoms with E-state index in [1.165, 1.54) is 7.11 Å². The number of piperidine rings is 1. The summed E-state index contributed by atoms with van der Waals surface area (Å²) in [6.45, 7) is 7.40. The van der Waals surface area contributed by atoms with Crippen molar-refractivity contribution in [2.45, 2.75) is 46.6 Å². The van der Waals surface area contributed by atoms with Crippen LogP contribution in [0.25, 0.3) is 0 Å². The van der Waals surface area contributed by atoms with Gasteiger partial charge in [0.1, 0.15) is 5.41 Å². The molecule has 0 aromatic carbocycles. The number of carboxylic acids is 1. The molecule has 1 atom stereocenters. The fourth-order valence-electron chi connectivity index (χ4n) is 3.53. The predicted octanol–water partition coefficient (Wildman–Crippen LogP) is 1.86. The van der Waals surface area contributed by atoms with Gasteiger partial charge in [-0.15, -0.1) is 0 Å². The van der Waals surface area contributed by atoms with E-state index in [9.17, 15) is 14.7 Å². The molecule has 1 N–H and O–H groups in total. The van der Waals surface area contributed by atoms with Gasteiger partial charge in [-0.2, -0.15) is 5.10 Å². The molecule has 0 radical (unpaired) electrons. The van der Waals surface area contributed by atoms with Crippen molar-refractivity contribution < 1.29 is 19.4 Å². The van der Waals surface area contributed by atoms with Crippen LogP contribution in [0, 0.1) is 19.3 Å². The first-order valence-corrected chi connectivity index (χ1v) is 8.42. The number of likely N-dealkylation sites (tertiary alicyclic amines) is 1. The number of hydrogen-bond donors (Lipinski definition) is 1. The number of aliphatic carboxylic acids is 1. The molecule has 1 aliphatic rings. The van der Waals surface area contributed by atoms with E-state index in [-0.39, 0.29) is 19.1 Å². The molecule has 1 fully saturated rings. The summed E-state index contributed by atoms with van der Waals surface area (Å²) in [4.78, 5) is 26.4. The molecule has 0 bridgehead atoms. The SMILES string of the molecule is CCCn1nc(C)c(C(=O)N2CCCC(COC)(C(=O)O)C2)c1C. The van der Waals surface area contributed by atoms with Crippen LogP contribution < -0.4 is 0 Å². The minimum Gasteiger partial charge on any atom is -0.481 e. The van der Waals surface area contributed by atoms with Gasteiger partial charge in [0.05, 0.1) is 17.9 Å². The van der Waals surface area contributed by atoms with Crippen molar-refractivity contribution in [2.75, 3.05) is 26.8 Å². The van der Waals surface area contributed by atoms with E-state index < -0.39 is 11.4 Å². The Bertz CT molecular complexity index is 622. The third-order valence-corrected chi connectivity index (χ3v) is 4.77. The maximum Gasteiger partial charge on any atom is 0.313 e. The van der Waals surface area contributed by atoms with Crippen molar-refractivity contribution in [3.8, 4) is 0 Å². The second-order valence-corrected chi connectivity index (χ2v) is 6.62. The number of ether oxygens (including phenoxy) is 1. The summed E-state index contributed by atoms with van der Waals surface area (Å²) >= 11 is 0. The lowest BCUT2D eigenvalue weighted by atomic mass is 9.80. The largest absolute Gasteiger partial charge is 0.481 e. The maximum absolute atomic E-state index is 13.0. The molecule has 0 spiro atoms. The predicted molar refractivity (Wildman–Crippen MR) is 89.1 cm³/mol. The van der Waals surface area contributed by atoms with Gasteiger partial charge in [0.2, 0.25) is 0 Å². The Morgan fingerprint density at radius 1 is 1.38 bits per heavy atom. The van der Waals surface area contributed by atoms with Crippen molar-refractivity contribution in [1.82, 2.24) is 14.7 Å². The zero-order valence-corrected chi connectivity index (χ0v) is 15.0. The van der Waals surface area contributed by atoms with E-state index in [1.54, 1.807) is 4.90 Å². The summed E-state index contributed by atoms with van der Waals surface area (Å²) in [6, 6.07) is 0. The smallest absolute Gasteiger partial charge is 0.313 e. The molecular formula is C17H27N3O4. The molecule has 1 unspecified atom stereocenters. The number of aromatic nitrogens is 2. The Morgan fingerprint density at radius 2 is 2.08 bits per heavy atom. The molecule has 134 valence electrons. The van der Waals surface area contributed by atoms with Crippen molar-refractivity contribution in [3.05, 3.63) is 17.0 Å². The summed E-state index contributed by atoms with van der Waals surface area (Å²) in [5.41, 5.74) is 1.12. The van der Waals surface area contributed by atoms with Crippen LogP contribution in [0.2, 0.25) is 0 Å². The van der Waals surface area contributed by atoms with Crippen molar-refractivity contribution in [3.63, 3.8) is 0 Å². The number of amides is 1. The first-order chi connectivity index (χ1) is 11.4. The van der Waals surface area contributed by atoms with E-state index in [4.69, 9.17) is 4.74 Å². The molecule has 1 aromatic rings. The van der Waals surface area contributed by atoms with Gasteiger partial charge in [-0.3, -0.25) is 14.3 Å². The molecule has 24 heavy (non-hydrogen) atoms. The molecule has 1 aromatic heterocycles. The van der Waals surface area contributed by atoms with Crippen LogP contribution >= 0.6 is 0 Å². The lowest BCUT2D eigenvalue weighted by Gasteiger charge is -2.39. The fraction of sp³-hybridized carbons (Fsp3) is 0.706. The van der Waals surface area contributed by atoms with Crippen LogP contribution in [0.1, 0.15) is 47.9 Å². The van der Waals surface area contributed by atoms with Crippen LogP contribution in [0.3, 0.4) is 0 Å². The highest BCUT2D eigenvalue weighted by atomic mass is 16.5. The lowest BCUT2D eigenvalue weighted by Crippen LogP contribution is -2.52. The highest BCUT2D eigenvalue weighted by Gasteiger charge is 2.44. The molecule has 0 aliphatic carbocycles. The third-order valence-electron chi connectivity index (χ3n) is 4.77. The minimum atomic E-state index is -1.02. The number of carbonyl (C=O) groups excluding carboxylic acids is 1. The van der Waals surface area contributed by atoms with Gasteiger partial charge in [0, 0.05) is 32.4 Å². The molecule has 2 rings (SSSR count). The average molecular weight is 337 g/mol. The van der Waals surface area contributed by atoms with E-state index in [1.807, 2.05) is 18.5 Å². The number of rotatable bonds is 6. The van der Waals surface area contributed by atoms with Gasteiger partial charge in [-0.05, 0) is 33.1 Å². The Morgan fingerprint density at radius 3 is 2.67 bits per heavy atom. The van der Waals surface area contributed by atoms with Crippen LogP contribution in [0.15, 0.2) is 0 Å². The maximum atomic E-state index is 13.0. The van der Waals surface area contributed by atoms with Crippen LogP contribution in [-0.4, -0.2) is 58.5 Å². The zero-order valence-electron chi connectivity index (χ0n) is 15.0. The quantitative estimate of drug-likeness (QED) is 0.856. The molecule has 7 nitrogen and oxygen atoms in total. The van der Waals surface area contributed by atoms with E-state index >= 15 is 0 Å². The molecule has 7 heteroatoms. The summed E-state index contributed by atoms with van der Waals surface area (Å²) in [5.74, 6) is -1.04. The van der Waals surface area contributed by atoms with Crippen LogP contribution in [0.5, 0.6) is 0 Å². The first kappa shape index (κ1) is 18.4. The molecule has 1 saturated heterocycles. The van der Waals surface area contributed by atoms with Gasteiger partial charge in [0.25, 0.3) is 5.91 Å². The van der Waals surface area contributed by atoms with Crippen LogP contribution in [-0.2, 0) is 16.1 Å². The number of aryl methyl sites for hydroxylation is 2.